The normalized spacial score (nSPS) is 11.9. The third kappa shape index (κ3) is 3.70. The molecule has 7 nitrogen and oxygen atoms in total. The fourth-order valence-electron chi connectivity index (χ4n) is 3.98. The Hall–Kier alpha value is -3.92. The van der Waals surface area contributed by atoms with Crippen LogP contribution in [0, 0.1) is 20.8 Å². The summed E-state index contributed by atoms with van der Waals surface area (Å²) < 4.78 is 40.6. The maximum absolute atomic E-state index is 13.2. The first kappa shape index (κ1) is 21.6. The first-order chi connectivity index (χ1) is 16.9. The van der Waals surface area contributed by atoms with Gasteiger partial charge in [-0.05, 0) is 67.8 Å². The highest BCUT2D eigenvalue weighted by Gasteiger charge is 2.20. The summed E-state index contributed by atoms with van der Waals surface area (Å²) in [7, 11) is 0. The molecule has 176 valence electrons. The number of furan rings is 1. The van der Waals surface area contributed by atoms with Gasteiger partial charge in [-0.3, -0.25) is 0 Å². The zero-order valence-corrected chi connectivity index (χ0v) is 19.9. The summed E-state index contributed by atoms with van der Waals surface area (Å²) in [5.74, 6) is 2.30. The number of aromatic nitrogens is 5. The Morgan fingerprint density at radius 3 is 2.69 bits per heavy atom. The number of alkyl halides is 2. The average Bonchev–Trinajstić information content (AvgIpc) is 3.55. The number of aryl methyl sites for hydroxylation is 3. The van der Waals surface area contributed by atoms with E-state index in [1.54, 1.807) is 23.8 Å². The summed E-state index contributed by atoms with van der Waals surface area (Å²) in [6.45, 7) is 6.16. The van der Waals surface area contributed by atoms with Gasteiger partial charge in [0.05, 0.1) is 5.52 Å². The van der Waals surface area contributed by atoms with Gasteiger partial charge in [-0.25, -0.2) is 28.2 Å². The Balaban J connectivity index is 1.34. The Labute approximate surface area is 202 Å². The molecule has 0 aliphatic rings. The molecule has 0 radical (unpaired) electrons. The van der Waals surface area contributed by atoms with Crippen molar-refractivity contribution in [1.82, 2.24) is 24.6 Å². The lowest BCUT2D eigenvalue weighted by atomic mass is 10.1. The van der Waals surface area contributed by atoms with Crippen molar-refractivity contribution < 1.29 is 17.9 Å². The number of ether oxygens (including phenoxy) is 1. The van der Waals surface area contributed by atoms with Gasteiger partial charge in [-0.1, -0.05) is 6.07 Å². The molecule has 0 bridgehead atoms. The van der Waals surface area contributed by atoms with Gasteiger partial charge in [0.25, 0.3) is 6.43 Å². The maximum atomic E-state index is 13.2. The van der Waals surface area contributed by atoms with Crippen LogP contribution in [0.25, 0.3) is 37.7 Å². The van der Waals surface area contributed by atoms with E-state index < -0.39 is 6.43 Å². The number of hydrogen-bond donors (Lipinski definition) is 0. The van der Waals surface area contributed by atoms with Crippen molar-refractivity contribution in [2.75, 3.05) is 0 Å². The summed E-state index contributed by atoms with van der Waals surface area (Å²) in [6.07, 6.45) is -1.07. The average molecular weight is 492 g/mol. The molecule has 0 fully saturated rings. The minimum atomic E-state index is -2.64. The van der Waals surface area contributed by atoms with Crippen LogP contribution in [0.2, 0.25) is 0 Å². The molecule has 35 heavy (non-hydrogen) atoms. The fraction of sp³-hybridized carbons (Fsp3) is 0.200. The predicted molar refractivity (Wildman–Crippen MR) is 129 cm³/mol. The number of rotatable bonds is 5. The number of pyridine rings is 1. The fourth-order valence-corrected chi connectivity index (χ4v) is 5.17. The molecule has 0 amide bonds. The Kier molecular flexibility index (Phi) is 4.99. The Morgan fingerprint density at radius 2 is 1.89 bits per heavy atom. The summed E-state index contributed by atoms with van der Waals surface area (Å²) in [5.41, 5.74) is 4.06. The molecule has 0 N–H and O–H groups in total. The highest BCUT2D eigenvalue weighted by Crippen LogP contribution is 2.37. The molecular formula is C25H19F2N5O2S. The van der Waals surface area contributed by atoms with E-state index in [0.29, 0.717) is 38.9 Å². The summed E-state index contributed by atoms with van der Waals surface area (Å²) >= 11 is 1.28. The smallest absolute Gasteiger partial charge is 0.280 e. The van der Waals surface area contributed by atoms with E-state index in [1.165, 1.54) is 23.0 Å². The molecule has 0 unspecified atom stereocenters. The van der Waals surface area contributed by atoms with E-state index in [0.717, 1.165) is 21.4 Å². The molecule has 0 saturated heterocycles. The van der Waals surface area contributed by atoms with E-state index in [9.17, 15) is 8.78 Å². The van der Waals surface area contributed by atoms with Crippen LogP contribution >= 0.6 is 11.3 Å². The number of nitrogens with zero attached hydrogens (tertiary/aromatic N) is 5. The summed E-state index contributed by atoms with van der Waals surface area (Å²) in [6, 6.07) is 11.0. The topological polar surface area (TPSA) is 78.3 Å². The van der Waals surface area contributed by atoms with Crippen LogP contribution in [0.15, 0.2) is 47.1 Å². The molecule has 0 atom stereocenters. The van der Waals surface area contributed by atoms with Crippen LogP contribution in [0.5, 0.6) is 5.75 Å². The second kappa shape index (κ2) is 8.09. The molecule has 0 spiro atoms. The zero-order chi connectivity index (χ0) is 24.3. The number of thiophene rings is 1. The van der Waals surface area contributed by atoms with E-state index in [2.05, 4.69) is 27.0 Å². The van der Waals surface area contributed by atoms with Gasteiger partial charge in [0.1, 0.15) is 39.7 Å². The van der Waals surface area contributed by atoms with Crippen molar-refractivity contribution in [3.63, 3.8) is 0 Å². The second-order valence-electron chi connectivity index (χ2n) is 8.37. The number of fused-ring (bicyclic) bond motifs is 5. The lowest BCUT2D eigenvalue weighted by molar-refractivity contribution is 0.146. The first-order valence-corrected chi connectivity index (χ1v) is 11.7. The first-order valence-electron chi connectivity index (χ1n) is 10.9. The monoisotopic (exact) mass is 491 g/mol. The van der Waals surface area contributed by atoms with E-state index >= 15 is 0 Å². The maximum Gasteiger partial charge on any atom is 0.280 e. The van der Waals surface area contributed by atoms with Gasteiger partial charge in [0.2, 0.25) is 5.82 Å². The van der Waals surface area contributed by atoms with Crippen molar-refractivity contribution in [1.29, 1.82) is 0 Å². The molecule has 0 saturated carbocycles. The standard InChI is InChI=1S/C25H19F2N5O2S/c1-12-4-5-15(8-13(12)2)33-10-16-6-7-18(34-16)23-30-24-21-20(28-11-32(24)31-23)19-14(3)9-17(22(26)27)29-25(19)35-21/h4-9,11,22H,10H2,1-3H3. The van der Waals surface area contributed by atoms with Crippen LogP contribution in [-0.2, 0) is 6.61 Å². The Morgan fingerprint density at radius 1 is 1.03 bits per heavy atom. The number of benzene rings is 1. The third-order valence-electron chi connectivity index (χ3n) is 5.95. The molecule has 10 heteroatoms. The molecule has 6 aromatic rings. The highest BCUT2D eigenvalue weighted by molar-refractivity contribution is 7.26. The quantitative estimate of drug-likeness (QED) is 0.271. The minimum absolute atomic E-state index is 0.245. The van der Waals surface area contributed by atoms with Gasteiger partial charge < -0.3 is 9.15 Å². The van der Waals surface area contributed by atoms with Crippen molar-refractivity contribution >= 4 is 37.4 Å². The Bertz CT molecular complexity index is 1740. The van der Waals surface area contributed by atoms with Gasteiger partial charge in [0, 0.05) is 5.39 Å². The lowest BCUT2D eigenvalue weighted by Gasteiger charge is -2.06. The molecule has 0 aliphatic carbocycles. The van der Waals surface area contributed by atoms with Crippen LogP contribution in [0.3, 0.4) is 0 Å². The van der Waals surface area contributed by atoms with Crippen LogP contribution in [-0.4, -0.2) is 24.6 Å². The summed E-state index contributed by atoms with van der Waals surface area (Å²) in [5, 5.41) is 5.25. The molecule has 0 aliphatic heterocycles. The molecule has 5 aromatic heterocycles. The largest absolute Gasteiger partial charge is 0.486 e. The predicted octanol–water partition coefficient (Wildman–Crippen LogP) is 6.59. The van der Waals surface area contributed by atoms with Gasteiger partial charge in [0.15, 0.2) is 11.4 Å². The minimum Gasteiger partial charge on any atom is -0.486 e. The van der Waals surface area contributed by atoms with Gasteiger partial charge in [-0.15, -0.1) is 16.4 Å². The number of halogens is 2. The molecule has 6 rings (SSSR count). The van der Waals surface area contributed by atoms with Crippen molar-refractivity contribution in [3.05, 3.63) is 70.9 Å². The van der Waals surface area contributed by atoms with E-state index in [4.69, 9.17) is 9.15 Å². The second-order valence-corrected chi connectivity index (χ2v) is 9.37. The van der Waals surface area contributed by atoms with Gasteiger partial charge in [-0.2, -0.15) is 0 Å². The lowest BCUT2D eigenvalue weighted by Crippen LogP contribution is -1.94. The highest BCUT2D eigenvalue weighted by atomic mass is 32.1. The van der Waals surface area contributed by atoms with E-state index in [-0.39, 0.29) is 12.3 Å². The van der Waals surface area contributed by atoms with Crippen LogP contribution < -0.4 is 4.74 Å². The number of hydrogen-bond acceptors (Lipinski definition) is 7. The van der Waals surface area contributed by atoms with Crippen molar-refractivity contribution in [2.45, 2.75) is 33.8 Å². The SMILES string of the molecule is Cc1ccc(OCc2ccc(-c3nc4c5sc6nc(C(F)F)cc(C)c6c5ncn4n3)o2)cc1C. The third-order valence-corrected chi connectivity index (χ3v) is 7.02. The zero-order valence-electron chi connectivity index (χ0n) is 19.0. The van der Waals surface area contributed by atoms with Crippen molar-refractivity contribution in [2.24, 2.45) is 0 Å². The molecule has 5 heterocycles. The van der Waals surface area contributed by atoms with E-state index in [1.807, 2.05) is 31.2 Å². The molecule has 1 aromatic carbocycles. The van der Waals surface area contributed by atoms with Gasteiger partial charge >= 0.3 is 0 Å². The van der Waals surface area contributed by atoms with Crippen molar-refractivity contribution in [3.8, 4) is 17.3 Å². The molecular weight excluding hydrogens is 472 g/mol. The summed E-state index contributed by atoms with van der Waals surface area (Å²) in [4.78, 5) is 13.8. The van der Waals surface area contributed by atoms with Crippen LogP contribution in [0.4, 0.5) is 8.78 Å². The van der Waals surface area contributed by atoms with Crippen LogP contribution in [0.1, 0.15) is 34.6 Å².